The van der Waals surface area contributed by atoms with Crippen molar-refractivity contribution in [2.24, 2.45) is 5.92 Å². The van der Waals surface area contributed by atoms with E-state index >= 15 is 0 Å². The van der Waals surface area contributed by atoms with Crippen molar-refractivity contribution >= 4 is 22.7 Å². The number of hydrogen-bond donors (Lipinski definition) is 1. The van der Waals surface area contributed by atoms with Crippen LogP contribution < -0.4 is 9.47 Å². The first-order chi connectivity index (χ1) is 16.0. The van der Waals surface area contributed by atoms with Crippen LogP contribution in [0.5, 0.6) is 11.5 Å². The summed E-state index contributed by atoms with van der Waals surface area (Å²) >= 11 is 0. The molecular weight excluding hydrogens is 420 g/mol. The number of piperidine rings is 1. The number of H-pyrrole nitrogens is 1. The Morgan fingerprint density at radius 3 is 2.55 bits per heavy atom. The minimum absolute atomic E-state index is 0.0606. The largest absolute Gasteiger partial charge is 0.496 e. The first-order valence-electron chi connectivity index (χ1n) is 11.2. The lowest BCUT2D eigenvalue weighted by Crippen LogP contribution is -2.50. The number of likely N-dealkylation sites (N-methyl/N-ethyl adjacent to an activating group) is 1. The molecule has 0 radical (unpaired) electrons. The minimum atomic E-state index is -0.626. The Morgan fingerprint density at radius 2 is 1.82 bits per heavy atom. The highest BCUT2D eigenvalue weighted by Gasteiger charge is 2.41. The number of benzene rings is 2. The van der Waals surface area contributed by atoms with E-state index < -0.39 is 5.97 Å². The Kier molecular flexibility index (Phi) is 5.58. The van der Waals surface area contributed by atoms with Crippen molar-refractivity contribution in [3.8, 4) is 11.5 Å². The van der Waals surface area contributed by atoms with Gasteiger partial charge in [0.25, 0.3) is 0 Å². The molecule has 5 rings (SSSR count). The number of fused-ring (bicyclic) bond motifs is 2. The highest BCUT2D eigenvalue weighted by Crippen LogP contribution is 2.44. The van der Waals surface area contributed by atoms with Gasteiger partial charge in [0.1, 0.15) is 17.1 Å². The van der Waals surface area contributed by atoms with Crippen molar-refractivity contribution in [3.05, 3.63) is 59.3 Å². The quantitative estimate of drug-likeness (QED) is 0.581. The molecule has 0 amide bonds. The summed E-state index contributed by atoms with van der Waals surface area (Å²) in [5.41, 5.74) is 3.99. The Morgan fingerprint density at radius 1 is 1.09 bits per heavy atom. The SMILES string of the molecule is COc1cccc(OC)c1C(=O)OCC(=O)C1CC2c3cccc4[nH]cc(c34)C[C@H]2N(C)C1. The highest BCUT2D eigenvalue weighted by atomic mass is 16.5. The Balaban J connectivity index is 1.32. The maximum Gasteiger partial charge on any atom is 0.346 e. The van der Waals surface area contributed by atoms with Crippen LogP contribution in [-0.4, -0.2) is 62.1 Å². The average molecular weight is 449 g/mol. The van der Waals surface area contributed by atoms with E-state index in [0.717, 1.165) is 18.4 Å². The molecule has 1 aliphatic carbocycles. The zero-order chi connectivity index (χ0) is 23.1. The van der Waals surface area contributed by atoms with Crippen LogP contribution >= 0.6 is 0 Å². The van der Waals surface area contributed by atoms with Crippen LogP contribution in [0, 0.1) is 5.92 Å². The summed E-state index contributed by atoms with van der Waals surface area (Å²) in [5.74, 6) is 0.0945. The predicted octanol–water partition coefficient (Wildman–Crippen LogP) is 3.57. The predicted molar refractivity (Wildman–Crippen MR) is 124 cm³/mol. The van der Waals surface area contributed by atoms with E-state index in [1.165, 1.54) is 30.7 Å². The van der Waals surface area contributed by atoms with Gasteiger partial charge in [-0.25, -0.2) is 4.79 Å². The van der Waals surface area contributed by atoms with Crippen molar-refractivity contribution in [2.75, 3.05) is 34.4 Å². The van der Waals surface area contributed by atoms with Crippen LogP contribution in [0.1, 0.15) is 33.8 Å². The number of rotatable bonds is 6. The van der Waals surface area contributed by atoms with Gasteiger partial charge in [0.05, 0.1) is 14.2 Å². The number of aromatic nitrogens is 1. The molecule has 7 heteroatoms. The van der Waals surface area contributed by atoms with Crippen LogP contribution in [-0.2, 0) is 16.0 Å². The fourth-order valence-electron chi connectivity index (χ4n) is 5.55. The van der Waals surface area contributed by atoms with Gasteiger partial charge in [-0.05, 0) is 49.2 Å². The highest BCUT2D eigenvalue weighted by molar-refractivity contribution is 5.97. The number of esters is 1. The monoisotopic (exact) mass is 448 g/mol. The third kappa shape index (κ3) is 3.66. The molecule has 7 nitrogen and oxygen atoms in total. The molecule has 1 aliphatic heterocycles. The molecule has 0 bridgehead atoms. The van der Waals surface area contributed by atoms with E-state index in [1.54, 1.807) is 18.2 Å². The number of nitrogens with zero attached hydrogens (tertiary/aromatic N) is 1. The lowest BCUT2D eigenvalue weighted by molar-refractivity contribution is -0.128. The normalized spacial score (nSPS) is 22.0. The first kappa shape index (κ1) is 21.5. The van der Waals surface area contributed by atoms with Gasteiger partial charge in [0.15, 0.2) is 12.4 Å². The van der Waals surface area contributed by atoms with E-state index in [-0.39, 0.29) is 29.8 Å². The van der Waals surface area contributed by atoms with E-state index in [9.17, 15) is 9.59 Å². The van der Waals surface area contributed by atoms with E-state index in [2.05, 4.69) is 41.3 Å². The van der Waals surface area contributed by atoms with Crippen molar-refractivity contribution < 1.29 is 23.8 Å². The molecule has 1 saturated heterocycles. The first-order valence-corrected chi connectivity index (χ1v) is 11.2. The van der Waals surface area contributed by atoms with Gasteiger partial charge in [-0.15, -0.1) is 0 Å². The zero-order valence-electron chi connectivity index (χ0n) is 19.1. The number of hydrogen-bond acceptors (Lipinski definition) is 6. The van der Waals surface area contributed by atoms with Crippen molar-refractivity contribution in [2.45, 2.75) is 24.8 Å². The maximum atomic E-state index is 13.1. The Bertz CT molecular complexity index is 1190. The molecule has 0 saturated carbocycles. The van der Waals surface area contributed by atoms with Crippen LogP contribution in [0.25, 0.3) is 10.9 Å². The second-order valence-electron chi connectivity index (χ2n) is 8.91. The molecule has 0 spiro atoms. The number of aromatic amines is 1. The third-order valence-corrected chi connectivity index (χ3v) is 7.16. The van der Waals surface area contributed by atoms with Gasteiger partial charge in [-0.2, -0.15) is 0 Å². The number of carbonyl (C=O) groups excluding carboxylic acids is 2. The Hall–Kier alpha value is -3.32. The van der Waals surface area contributed by atoms with Crippen LogP contribution in [0.3, 0.4) is 0 Å². The number of ketones is 1. The summed E-state index contributed by atoms with van der Waals surface area (Å²) in [6, 6.07) is 11.8. The molecule has 2 unspecified atom stereocenters. The van der Waals surface area contributed by atoms with E-state index in [1.807, 2.05) is 0 Å². The van der Waals surface area contributed by atoms with Crippen LogP contribution in [0.2, 0.25) is 0 Å². The zero-order valence-corrected chi connectivity index (χ0v) is 19.1. The van der Waals surface area contributed by atoms with Gasteiger partial charge >= 0.3 is 5.97 Å². The lowest BCUT2D eigenvalue weighted by Gasteiger charge is -2.45. The molecule has 1 aromatic heterocycles. The molecule has 2 aromatic carbocycles. The molecular formula is C26H28N2O5. The average Bonchev–Trinajstić information content (AvgIpc) is 3.26. The smallest absolute Gasteiger partial charge is 0.346 e. The molecule has 33 heavy (non-hydrogen) atoms. The summed E-state index contributed by atoms with van der Waals surface area (Å²) < 4.78 is 16.0. The topological polar surface area (TPSA) is 80.9 Å². The number of carbonyl (C=O) groups is 2. The molecule has 3 atom stereocenters. The summed E-state index contributed by atoms with van der Waals surface area (Å²) in [6.07, 6.45) is 3.84. The fraction of sp³-hybridized carbons (Fsp3) is 0.385. The number of ether oxygens (including phenoxy) is 3. The molecule has 2 aliphatic rings. The van der Waals surface area contributed by atoms with Gasteiger partial charge < -0.3 is 24.1 Å². The maximum absolute atomic E-state index is 13.1. The van der Waals surface area contributed by atoms with Crippen LogP contribution in [0.4, 0.5) is 0 Å². The summed E-state index contributed by atoms with van der Waals surface area (Å²) in [6.45, 7) is 0.390. The standard InChI is InChI=1S/C26H28N2O5/c1-28-13-16(10-18-17-6-4-7-19-24(17)15(12-27-19)11-20(18)28)21(29)14-33-26(30)25-22(31-2)8-5-9-23(25)32-3/h4-9,12,16,18,20,27H,10-11,13-14H2,1-3H3/t16?,18?,20-/m1/s1. The molecule has 172 valence electrons. The summed E-state index contributed by atoms with van der Waals surface area (Å²) in [7, 11) is 5.04. The molecule has 3 aromatic rings. The number of likely N-dealkylation sites (tertiary alicyclic amines) is 1. The summed E-state index contributed by atoms with van der Waals surface area (Å²) in [4.78, 5) is 31.6. The van der Waals surface area contributed by atoms with Gasteiger partial charge in [0.2, 0.25) is 0 Å². The lowest BCUT2D eigenvalue weighted by atomic mass is 9.72. The van der Waals surface area contributed by atoms with Crippen LogP contribution in [0.15, 0.2) is 42.6 Å². The van der Waals surface area contributed by atoms with Gasteiger partial charge in [-0.3, -0.25) is 4.79 Å². The van der Waals surface area contributed by atoms with Gasteiger partial charge in [-0.1, -0.05) is 18.2 Å². The third-order valence-electron chi connectivity index (χ3n) is 7.16. The minimum Gasteiger partial charge on any atom is -0.496 e. The second-order valence-corrected chi connectivity index (χ2v) is 8.91. The number of Topliss-reactive ketones (excluding diaryl/α,β-unsaturated/α-hetero) is 1. The van der Waals surface area contributed by atoms with E-state index in [4.69, 9.17) is 14.2 Å². The molecule has 2 heterocycles. The molecule has 1 N–H and O–H groups in total. The molecule has 1 fully saturated rings. The number of nitrogens with one attached hydrogen (secondary N) is 1. The second kappa shape index (κ2) is 8.56. The number of methoxy groups -OCH3 is 2. The Labute approximate surface area is 192 Å². The van der Waals surface area contributed by atoms with Crippen molar-refractivity contribution in [1.82, 2.24) is 9.88 Å². The summed E-state index contributed by atoms with van der Waals surface area (Å²) in [5, 5.41) is 1.30. The van der Waals surface area contributed by atoms with Crippen molar-refractivity contribution in [3.63, 3.8) is 0 Å². The fourth-order valence-corrected chi connectivity index (χ4v) is 5.55. The van der Waals surface area contributed by atoms with E-state index in [0.29, 0.717) is 24.1 Å². The van der Waals surface area contributed by atoms with Crippen molar-refractivity contribution in [1.29, 1.82) is 0 Å². The van der Waals surface area contributed by atoms with Gasteiger partial charge in [0, 0.05) is 41.5 Å².